The van der Waals surface area contributed by atoms with Gasteiger partial charge in [0.1, 0.15) is 0 Å². The molecule has 0 unspecified atom stereocenters. The third kappa shape index (κ3) is 5.49. The van der Waals surface area contributed by atoms with Gasteiger partial charge in [0, 0.05) is 15.7 Å². The Bertz CT molecular complexity index is 1070. The molecule has 0 atom stereocenters. The summed E-state index contributed by atoms with van der Waals surface area (Å²) in [4.78, 5) is 25.1. The Morgan fingerprint density at radius 3 is 2.28 bits per heavy atom. The Hall–Kier alpha value is -3.03. The summed E-state index contributed by atoms with van der Waals surface area (Å²) in [6.07, 6.45) is 0. The molecule has 0 saturated carbocycles. The third-order valence-corrected chi connectivity index (χ3v) is 5.17. The average Bonchev–Trinajstić information content (AvgIpc) is 2.71. The van der Waals surface area contributed by atoms with Crippen LogP contribution in [0, 0.1) is 6.92 Å². The molecule has 3 rings (SSSR count). The Balaban J connectivity index is 1.69. The predicted molar refractivity (Wildman–Crippen MR) is 123 cm³/mol. The highest BCUT2D eigenvalue weighted by atomic mass is 79.9. The summed E-state index contributed by atoms with van der Waals surface area (Å²) < 4.78 is 0.840. The van der Waals surface area contributed by atoms with Gasteiger partial charge in [0.05, 0.1) is 11.3 Å². The molecule has 0 aliphatic carbocycles. The van der Waals surface area contributed by atoms with Crippen LogP contribution in [0.25, 0.3) is 0 Å². The van der Waals surface area contributed by atoms with Gasteiger partial charge >= 0.3 is 0 Å². The van der Waals surface area contributed by atoms with Crippen molar-refractivity contribution >= 4 is 56.4 Å². The first-order valence-corrected chi connectivity index (χ1v) is 9.98. The molecule has 2 amide bonds. The molecular formula is C22H18BrN3O2S. The van der Waals surface area contributed by atoms with Crippen LogP contribution in [0.2, 0.25) is 0 Å². The molecule has 29 heavy (non-hydrogen) atoms. The second-order valence-corrected chi connectivity index (χ2v) is 7.50. The van der Waals surface area contributed by atoms with Crippen LogP contribution in [0.1, 0.15) is 26.3 Å². The fraction of sp³-hybridized carbons (Fsp3) is 0.0455. The van der Waals surface area contributed by atoms with Crippen molar-refractivity contribution in [2.75, 3.05) is 10.6 Å². The van der Waals surface area contributed by atoms with Crippen molar-refractivity contribution in [2.24, 2.45) is 0 Å². The van der Waals surface area contributed by atoms with E-state index in [2.05, 4.69) is 31.9 Å². The molecule has 0 heterocycles. The summed E-state index contributed by atoms with van der Waals surface area (Å²) in [6, 6.07) is 21.4. The molecular weight excluding hydrogens is 450 g/mol. The van der Waals surface area contributed by atoms with Crippen LogP contribution < -0.4 is 16.0 Å². The number of nitrogens with one attached hydrogen (secondary N) is 3. The van der Waals surface area contributed by atoms with E-state index in [1.807, 2.05) is 31.2 Å². The lowest BCUT2D eigenvalue weighted by molar-refractivity contribution is 0.0976. The molecule has 0 saturated heterocycles. The van der Waals surface area contributed by atoms with Crippen LogP contribution in [0.5, 0.6) is 0 Å². The van der Waals surface area contributed by atoms with Gasteiger partial charge in [-0.25, -0.2) is 0 Å². The molecule has 0 bridgehead atoms. The van der Waals surface area contributed by atoms with Gasteiger partial charge < -0.3 is 10.6 Å². The lowest BCUT2D eigenvalue weighted by atomic mass is 10.1. The Morgan fingerprint density at radius 2 is 1.55 bits per heavy atom. The zero-order chi connectivity index (χ0) is 20.8. The smallest absolute Gasteiger partial charge is 0.257 e. The SMILES string of the molecule is Cc1ccc(C(=O)NC(=S)Nc2ccccc2C(=O)Nc2ccccc2)cc1Br. The van der Waals surface area contributed by atoms with Crippen LogP contribution in [0.4, 0.5) is 11.4 Å². The van der Waals surface area contributed by atoms with E-state index in [0.717, 1.165) is 10.0 Å². The van der Waals surface area contributed by atoms with Crippen molar-refractivity contribution in [2.45, 2.75) is 6.92 Å². The molecule has 3 aromatic rings. The molecule has 0 aromatic heterocycles. The van der Waals surface area contributed by atoms with Crippen LogP contribution in [0.3, 0.4) is 0 Å². The maximum Gasteiger partial charge on any atom is 0.257 e. The van der Waals surface area contributed by atoms with Crippen molar-refractivity contribution in [3.8, 4) is 0 Å². The monoisotopic (exact) mass is 467 g/mol. The fourth-order valence-electron chi connectivity index (χ4n) is 2.57. The molecule has 3 aromatic carbocycles. The van der Waals surface area contributed by atoms with Crippen molar-refractivity contribution in [1.82, 2.24) is 5.32 Å². The van der Waals surface area contributed by atoms with Gasteiger partial charge in [0.25, 0.3) is 11.8 Å². The van der Waals surface area contributed by atoms with Crippen molar-refractivity contribution in [3.63, 3.8) is 0 Å². The highest BCUT2D eigenvalue weighted by molar-refractivity contribution is 9.10. The Morgan fingerprint density at radius 1 is 0.862 bits per heavy atom. The van der Waals surface area contributed by atoms with E-state index < -0.39 is 0 Å². The van der Waals surface area contributed by atoms with Gasteiger partial charge in [-0.15, -0.1) is 0 Å². The van der Waals surface area contributed by atoms with Crippen molar-refractivity contribution in [1.29, 1.82) is 0 Å². The van der Waals surface area contributed by atoms with E-state index in [9.17, 15) is 9.59 Å². The zero-order valence-corrected chi connectivity index (χ0v) is 17.9. The number of anilines is 2. The van der Waals surface area contributed by atoms with Gasteiger partial charge in [-0.3, -0.25) is 14.9 Å². The predicted octanol–water partition coefficient (Wildman–Crippen LogP) is 5.14. The number of aryl methyl sites for hydroxylation is 1. The number of hydrogen-bond acceptors (Lipinski definition) is 3. The van der Waals surface area contributed by atoms with Crippen LogP contribution in [-0.4, -0.2) is 16.9 Å². The lowest BCUT2D eigenvalue weighted by Crippen LogP contribution is -2.34. The normalized spacial score (nSPS) is 10.1. The molecule has 0 aliphatic rings. The first kappa shape index (κ1) is 20.7. The van der Waals surface area contributed by atoms with E-state index in [0.29, 0.717) is 22.5 Å². The Kier molecular flexibility index (Phi) is 6.74. The second kappa shape index (κ2) is 9.45. The second-order valence-electron chi connectivity index (χ2n) is 6.24. The van der Waals surface area contributed by atoms with Gasteiger partial charge in [0.15, 0.2) is 5.11 Å². The van der Waals surface area contributed by atoms with Gasteiger partial charge in [0.2, 0.25) is 0 Å². The number of amides is 2. The molecule has 0 spiro atoms. The first-order valence-electron chi connectivity index (χ1n) is 8.78. The number of benzene rings is 3. The minimum Gasteiger partial charge on any atom is -0.332 e. The van der Waals surface area contributed by atoms with Gasteiger partial charge in [-0.05, 0) is 61.1 Å². The third-order valence-electron chi connectivity index (χ3n) is 4.11. The molecule has 3 N–H and O–H groups in total. The maximum atomic E-state index is 12.6. The number of thiocarbonyl (C=S) groups is 1. The average molecular weight is 468 g/mol. The summed E-state index contributed by atoms with van der Waals surface area (Å²) in [7, 11) is 0. The summed E-state index contributed by atoms with van der Waals surface area (Å²) in [5.74, 6) is -0.620. The van der Waals surface area contributed by atoms with Crippen molar-refractivity contribution < 1.29 is 9.59 Å². The largest absolute Gasteiger partial charge is 0.332 e. The molecule has 0 fully saturated rings. The molecule has 7 heteroatoms. The minimum atomic E-state index is -0.339. The quantitative estimate of drug-likeness (QED) is 0.464. The van der Waals surface area contributed by atoms with Crippen LogP contribution in [-0.2, 0) is 0 Å². The molecule has 146 valence electrons. The molecule has 0 aliphatic heterocycles. The fourth-order valence-corrected chi connectivity index (χ4v) is 3.15. The maximum absolute atomic E-state index is 12.6. The number of para-hydroxylation sites is 2. The number of halogens is 1. The Labute approximate surface area is 182 Å². The number of carbonyl (C=O) groups excluding carboxylic acids is 2. The van der Waals surface area contributed by atoms with Gasteiger partial charge in [-0.2, -0.15) is 0 Å². The first-order chi connectivity index (χ1) is 13.9. The topological polar surface area (TPSA) is 70.2 Å². The highest BCUT2D eigenvalue weighted by Crippen LogP contribution is 2.19. The molecule has 0 radical (unpaired) electrons. The minimum absolute atomic E-state index is 0.103. The number of hydrogen-bond donors (Lipinski definition) is 3. The standard InChI is InChI=1S/C22H18BrN3O2S/c1-14-11-12-15(13-18(14)23)20(27)26-22(29)25-19-10-6-5-9-17(19)21(28)24-16-7-3-2-4-8-16/h2-13H,1H3,(H,24,28)(H2,25,26,27,29). The number of carbonyl (C=O) groups is 2. The number of rotatable bonds is 4. The van der Waals surface area contributed by atoms with Crippen LogP contribution in [0.15, 0.2) is 77.3 Å². The van der Waals surface area contributed by atoms with E-state index in [1.54, 1.807) is 48.5 Å². The van der Waals surface area contributed by atoms with E-state index >= 15 is 0 Å². The van der Waals surface area contributed by atoms with E-state index in [4.69, 9.17) is 12.2 Å². The summed E-state index contributed by atoms with van der Waals surface area (Å²) >= 11 is 8.67. The summed E-state index contributed by atoms with van der Waals surface area (Å²) in [5, 5.41) is 8.51. The highest BCUT2D eigenvalue weighted by Gasteiger charge is 2.14. The zero-order valence-electron chi connectivity index (χ0n) is 15.5. The van der Waals surface area contributed by atoms with E-state index in [-0.39, 0.29) is 16.9 Å². The summed E-state index contributed by atoms with van der Waals surface area (Å²) in [6.45, 7) is 1.94. The van der Waals surface area contributed by atoms with Crippen LogP contribution >= 0.6 is 28.1 Å². The lowest BCUT2D eigenvalue weighted by Gasteiger charge is -2.14. The van der Waals surface area contributed by atoms with Gasteiger partial charge in [-0.1, -0.05) is 52.3 Å². The van der Waals surface area contributed by atoms with Crippen molar-refractivity contribution in [3.05, 3.63) is 94.0 Å². The van der Waals surface area contributed by atoms with E-state index in [1.165, 1.54) is 0 Å². The molecule has 5 nitrogen and oxygen atoms in total. The summed E-state index contributed by atoms with van der Waals surface area (Å²) in [5.41, 5.74) is 3.10.